The molecule has 0 aliphatic heterocycles. The molecule has 0 aliphatic rings. The van der Waals surface area contributed by atoms with Crippen molar-refractivity contribution in [3.05, 3.63) is 35.4 Å². The second-order valence-corrected chi connectivity index (χ2v) is 6.76. The van der Waals surface area contributed by atoms with Crippen LogP contribution in [0.25, 0.3) is 0 Å². The maximum Gasteiger partial charge on any atom is 0.251 e. The monoisotopic (exact) mass is 391 g/mol. The number of benzene rings is 1. The van der Waals surface area contributed by atoms with Crippen LogP contribution in [0.15, 0.2) is 29.3 Å². The number of hydrogen-bond acceptors (Lipinski definition) is 4. The van der Waals surface area contributed by atoms with Crippen LogP contribution < -0.4 is 21.7 Å². The molecule has 0 aromatic heterocycles. The van der Waals surface area contributed by atoms with Gasteiger partial charge in [-0.15, -0.1) is 0 Å². The minimum Gasteiger partial charge on any atom is -0.380 e. The Balaban J connectivity index is 2.46. The Morgan fingerprint density at radius 1 is 1.11 bits per heavy atom. The molecule has 1 aromatic rings. The van der Waals surface area contributed by atoms with E-state index in [0.717, 1.165) is 31.1 Å². The minimum atomic E-state index is -0.576. The van der Waals surface area contributed by atoms with Crippen LogP contribution in [0.2, 0.25) is 0 Å². The lowest BCUT2D eigenvalue weighted by molar-refractivity contribution is -0.117. The van der Waals surface area contributed by atoms with Crippen molar-refractivity contribution in [1.29, 1.82) is 0 Å². The topological polar surface area (TPSA) is 118 Å². The smallest absolute Gasteiger partial charge is 0.251 e. The minimum absolute atomic E-state index is 0.177. The van der Waals surface area contributed by atoms with E-state index in [1.807, 2.05) is 19.1 Å². The molecule has 0 saturated carbocycles. The van der Waals surface area contributed by atoms with Crippen LogP contribution >= 0.6 is 0 Å². The predicted molar refractivity (Wildman–Crippen MR) is 111 cm³/mol. The van der Waals surface area contributed by atoms with Crippen molar-refractivity contribution >= 4 is 17.8 Å². The van der Waals surface area contributed by atoms with Crippen LogP contribution in [-0.2, 0) is 16.1 Å². The van der Waals surface area contributed by atoms with Gasteiger partial charge in [0.2, 0.25) is 5.91 Å². The summed E-state index contributed by atoms with van der Waals surface area (Å²) in [6.45, 7) is 9.52. The van der Waals surface area contributed by atoms with E-state index >= 15 is 0 Å². The quantitative estimate of drug-likeness (QED) is 0.241. The SMILES string of the molecule is CCNC(=NCc1ccc(C(=O)NCC(N)=O)cc1)NCCOCCC(C)C. The highest BCUT2D eigenvalue weighted by Crippen LogP contribution is 2.06. The van der Waals surface area contributed by atoms with E-state index in [4.69, 9.17) is 10.5 Å². The fourth-order valence-corrected chi connectivity index (χ4v) is 2.21. The molecule has 8 nitrogen and oxygen atoms in total. The summed E-state index contributed by atoms with van der Waals surface area (Å²) >= 11 is 0. The van der Waals surface area contributed by atoms with Gasteiger partial charge in [-0.2, -0.15) is 0 Å². The standard InChI is InChI=1S/C20H33N5O3/c1-4-22-20(23-10-12-28-11-9-15(2)3)25-13-16-5-7-17(8-6-16)19(27)24-14-18(21)26/h5-8,15H,4,9-14H2,1-3H3,(H2,21,26)(H,24,27)(H2,22,23,25). The summed E-state index contributed by atoms with van der Waals surface area (Å²) < 4.78 is 5.59. The van der Waals surface area contributed by atoms with Crippen molar-refractivity contribution in [2.24, 2.45) is 16.6 Å². The summed E-state index contributed by atoms with van der Waals surface area (Å²) in [7, 11) is 0. The first-order valence-electron chi connectivity index (χ1n) is 9.67. The van der Waals surface area contributed by atoms with E-state index in [-0.39, 0.29) is 12.5 Å². The van der Waals surface area contributed by atoms with Crippen LogP contribution in [-0.4, -0.2) is 50.6 Å². The van der Waals surface area contributed by atoms with Gasteiger partial charge in [0.05, 0.1) is 19.7 Å². The second-order valence-electron chi connectivity index (χ2n) is 6.76. The van der Waals surface area contributed by atoms with Crippen molar-refractivity contribution in [3.63, 3.8) is 0 Å². The number of nitrogens with two attached hydrogens (primary N) is 1. The molecule has 0 radical (unpaired) electrons. The number of guanidine groups is 1. The molecule has 1 aromatic carbocycles. The van der Waals surface area contributed by atoms with E-state index < -0.39 is 5.91 Å². The average Bonchev–Trinajstić information content (AvgIpc) is 2.66. The third-order valence-corrected chi connectivity index (χ3v) is 3.78. The van der Waals surface area contributed by atoms with E-state index in [1.165, 1.54) is 0 Å². The molecule has 0 unspecified atom stereocenters. The van der Waals surface area contributed by atoms with Crippen molar-refractivity contribution in [2.75, 3.05) is 32.8 Å². The number of nitrogens with one attached hydrogen (secondary N) is 3. The molecule has 0 atom stereocenters. The third kappa shape index (κ3) is 10.5. The molecule has 5 N–H and O–H groups in total. The average molecular weight is 392 g/mol. The largest absolute Gasteiger partial charge is 0.380 e. The van der Waals surface area contributed by atoms with Crippen molar-refractivity contribution in [3.8, 4) is 0 Å². The number of carbonyl (C=O) groups excluding carboxylic acids is 2. The van der Waals surface area contributed by atoms with Gasteiger partial charge in [0.25, 0.3) is 5.91 Å². The fraction of sp³-hybridized carbons (Fsp3) is 0.550. The molecule has 0 aliphatic carbocycles. The number of ether oxygens (including phenoxy) is 1. The molecular formula is C20H33N5O3. The number of hydrogen-bond donors (Lipinski definition) is 4. The number of primary amides is 1. The number of aliphatic imine (C=N–C) groups is 1. The van der Waals surface area contributed by atoms with Gasteiger partial charge >= 0.3 is 0 Å². The summed E-state index contributed by atoms with van der Waals surface area (Å²) in [6, 6.07) is 7.07. The molecule has 0 fully saturated rings. The Labute approximate surface area is 167 Å². The summed E-state index contributed by atoms with van der Waals surface area (Å²) in [5, 5.41) is 8.89. The van der Waals surface area contributed by atoms with Crippen LogP contribution in [0.1, 0.15) is 43.1 Å². The first-order chi connectivity index (χ1) is 13.4. The highest BCUT2D eigenvalue weighted by Gasteiger charge is 2.06. The van der Waals surface area contributed by atoms with Crippen LogP contribution in [0.3, 0.4) is 0 Å². The van der Waals surface area contributed by atoms with Gasteiger partial charge in [0.1, 0.15) is 0 Å². The second kappa shape index (κ2) is 13.5. The third-order valence-electron chi connectivity index (χ3n) is 3.78. The van der Waals surface area contributed by atoms with E-state index in [2.05, 4.69) is 34.8 Å². The van der Waals surface area contributed by atoms with Gasteiger partial charge in [-0.1, -0.05) is 26.0 Å². The highest BCUT2D eigenvalue weighted by atomic mass is 16.5. The van der Waals surface area contributed by atoms with E-state index in [1.54, 1.807) is 12.1 Å². The molecule has 1 rings (SSSR count). The van der Waals surface area contributed by atoms with E-state index in [9.17, 15) is 9.59 Å². The van der Waals surface area contributed by atoms with Crippen LogP contribution in [0.4, 0.5) is 0 Å². The van der Waals surface area contributed by atoms with Gasteiger partial charge in [-0.3, -0.25) is 9.59 Å². The maximum absolute atomic E-state index is 11.9. The van der Waals surface area contributed by atoms with Gasteiger partial charge in [0.15, 0.2) is 5.96 Å². The summed E-state index contributed by atoms with van der Waals surface area (Å²) in [6.07, 6.45) is 1.06. The number of carbonyl (C=O) groups is 2. The van der Waals surface area contributed by atoms with Crippen molar-refractivity contribution < 1.29 is 14.3 Å². The van der Waals surface area contributed by atoms with Crippen molar-refractivity contribution in [1.82, 2.24) is 16.0 Å². The Morgan fingerprint density at radius 2 is 1.82 bits per heavy atom. The van der Waals surface area contributed by atoms with Gasteiger partial charge in [-0.25, -0.2) is 4.99 Å². The molecule has 156 valence electrons. The molecule has 2 amide bonds. The molecule has 8 heteroatoms. The highest BCUT2D eigenvalue weighted by molar-refractivity contribution is 5.96. The Bertz CT molecular complexity index is 629. The number of nitrogens with zero attached hydrogens (tertiary/aromatic N) is 1. The number of amides is 2. The normalized spacial score (nSPS) is 11.4. The first kappa shape index (κ1) is 23.4. The van der Waals surface area contributed by atoms with Gasteiger partial charge in [0, 0.05) is 25.3 Å². The summed E-state index contributed by atoms with van der Waals surface area (Å²) in [4.78, 5) is 27.1. The lowest BCUT2D eigenvalue weighted by atomic mass is 10.1. The zero-order valence-electron chi connectivity index (χ0n) is 17.1. The summed E-state index contributed by atoms with van der Waals surface area (Å²) in [5.74, 6) is 0.458. The Kier molecular flexibility index (Phi) is 11.3. The lowest BCUT2D eigenvalue weighted by Crippen LogP contribution is -2.39. The molecule has 28 heavy (non-hydrogen) atoms. The number of rotatable bonds is 12. The Hall–Kier alpha value is -2.61. The van der Waals surface area contributed by atoms with Crippen molar-refractivity contribution in [2.45, 2.75) is 33.7 Å². The van der Waals surface area contributed by atoms with E-state index in [0.29, 0.717) is 31.2 Å². The molecule has 0 saturated heterocycles. The molecule has 0 spiro atoms. The fourth-order valence-electron chi connectivity index (χ4n) is 2.21. The van der Waals surface area contributed by atoms with Gasteiger partial charge in [-0.05, 0) is 37.0 Å². The zero-order valence-corrected chi connectivity index (χ0v) is 17.1. The lowest BCUT2D eigenvalue weighted by Gasteiger charge is -2.12. The predicted octanol–water partition coefficient (Wildman–Crippen LogP) is 1.02. The molecule has 0 heterocycles. The molecular weight excluding hydrogens is 358 g/mol. The first-order valence-corrected chi connectivity index (χ1v) is 9.67. The Morgan fingerprint density at radius 3 is 2.43 bits per heavy atom. The van der Waals surface area contributed by atoms with Crippen LogP contribution in [0.5, 0.6) is 0 Å². The summed E-state index contributed by atoms with van der Waals surface area (Å²) in [5.41, 5.74) is 6.46. The van der Waals surface area contributed by atoms with Gasteiger partial charge < -0.3 is 26.4 Å². The maximum atomic E-state index is 11.9. The van der Waals surface area contributed by atoms with Crippen LogP contribution in [0, 0.1) is 5.92 Å². The zero-order chi connectivity index (χ0) is 20.8. The molecule has 0 bridgehead atoms.